The van der Waals surface area contributed by atoms with E-state index < -0.39 is 5.41 Å². The van der Waals surface area contributed by atoms with E-state index in [0.717, 1.165) is 23.3 Å². The van der Waals surface area contributed by atoms with Gasteiger partial charge in [-0.1, -0.05) is 29.8 Å². The van der Waals surface area contributed by atoms with Gasteiger partial charge in [-0.15, -0.1) is 11.3 Å². The number of carbonyl (C=O) groups excluding carboxylic acids is 1. The van der Waals surface area contributed by atoms with Gasteiger partial charge in [0.1, 0.15) is 0 Å². The van der Waals surface area contributed by atoms with Crippen molar-refractivity contribution in [1.82, 2.24) is 5.32 Å². The van der Waals surface area contributed by atoms with Crippen molar-refractivity contribution in [2.45, 2.75) is 24.8 Å². The summed E-state index contributed by atoms with van der Waals surface area (Å²) in [7, 11) is 0. The SMILES string of the molecule is O=C(NCc1ccc(Cl)cc1)C1(c2cccs2)CCOCC1. The number of rotatable bonds is 4. The number of benzene rings is 1. The first-order chi connectivity index (χ1) is 10.7. The lowest BCUT2D eigenvalue weighted by Gasteiger charge is -2.35. The highest BCUT2D eigenvalue weighted by Gasteiger charge is 2.42. The quantitative estimate of drug-likeness (QED) is 0.923. The van der Waals surface area contributed by atoms with Gasteiger partial charge in [0.25, 0.3) is 0 Å². The molecule has 3 rings (SSSR count). The molecule has 1 aromatic heterocycles. The van der Waals surface area contributed by atoms with Crippen molar-refractivity contribution in [2.24, 2.45) is 0 Å². The minimum Gasteiger partial charge on any atom is -0.381 e. The van der Waals surface area contributed by atoms with E-state index in [1.54, 1.807) is 11.3 Å². The molecule has 0 saturated carbocycles. The molecule has 5 heteroatoms. The van der Waals surface area contributed by atoms with Crippen molar-refractivity contribution in [1.29, 1.82) is 0 Å². The third kappa shape index (κ3) is 3.19. The maximum atomic E-state index is 12.9. The zero-order chi connectivity index (χ0) is 15.4. The third-order valence-corrected chi connectivity index (χ3v) is 5.47. The van der Waals surface area contributed by atoms with E-state index >= 15 is 0 Å². The number of thiophene rings is 1. The van der Waals surface area contributed by atoms with E-state index in [-0.39, 0.29) is 5.91 Å². The summed E-state index contributed by atoms with van der Waals surface area (Å²) in [5.74, 6) is 0.0909. The topological polar surface area (TPSA) is 38.3 Å². The molecule has 1 amide bonds. The Hall–Kier alpha value is -1.36. The Bertz CT molecular complexity index is 619. The number of hydrogen-bond donors (Lipinski definition) is 1. The Morgan fingerprint density at radius 1 is 1.23 bits per heavy atom. The van der Waals surface area contributed by atoms with Gasteiger partial charge in [0.05, 0.1) is 5.41 Å². The number of amides is 1. The average Bonchev–Trinajstić information content (AvgIpc) is 3.09. The van der Waals surface area contributed by atoms with E-state index in [1.807, 2.05) is 35.7 Å². The lowest BCUT2D eigenvalue weighted by molar-refractivity contribution is -0.130. The van der Waals surface area contributed by atoms with Gasteiger partial charge in [0.2, 0.25) is 5.91 Å². The second-order valence-corrected chi connectivity index (χ2v) is 6.87. The normalized spacial score (nSPS) is 17.1. The maximum Gasteiger partial charge on any atom is 0.231 e. The molecular weight excluding hydrogens is 318 g/mol. The standard InChI is InChI=1S/C17H18ClNO2S/c18-14-5-3-13(4-6-14)12-19-16(20)17(7-9-21-10-8-17)15-2-1-11-22-15/h1-6,11H,7-10,12H2,(H,19,20). The van der Waals surface area contributed by atoms with Crippen molar-refractivity contribution >= 4 is 28.8 Å². The summed E-state index contributed by atoms with van der Waals surface area (Å²) in [6.45, 7) is 1.78. The molecule has 0 radical (unpaired) electrons. The van der Waals surface area contributed by atoms with Gasteiger partial charge in [0.15, 0.2) is 0 Å². The summed E-state index contributed by atoms with van der Waals surface area (Å²) >= 11 is 7.53. The fraction of sp³-hybridized carbons (Fsp3) is 0.353. The van der Waals surface area contributed by atoms with Gasteiger partial charge in [0, 0.05) is 29.7 Å². The number of carbonyl (C=O) groups is 1. The minimum atomic E-state index is -0.446. The van der Waals surface area contributed by atoms with E-state index in [4.69, 9.17) is 16.3 Å². The summed E-state index contributed by atoms with van der Waals surface area (Å²) in [4.78, 5) is 14.0. The molecule has 1 saturated heterocycles. The Labute approximate surface area is 139 Å². The van der Waals surface area contributed by atoms with Crippen LogP contribution < -0.4 is 5.32 Å². The molecule has 0 bridgehead atoms. The van der Waals surface area contributed by atoms with Crippen LogP contribution in [0.5, 0.6) is 0 Å². The van der Waals surface area contributed by atoms with Crippen LogP contribution in [0.1, 0.15) is 23.3 Å². The van der Waals surface area contributed by atoms with Gasteiger partial charge in [-0.2, -0.15) is 0 Å². The highest BCUT2D eigenvalue weighted by molar-refractivity contribution is 7.10. The predicted octanol–water partition coefficient (Wildman–Crippen LogP) is 3.77. The second kappa shape index (κ2) is 6.82. The highest BCUT2D eigenvalue weighted by atomic mass is 35.5. The summed E-state index contributed by atoms with van der Waals surface area (Å²) < 4.78 is 5.46. The highest BCUT2D eigenvalue weighted by Crippen LogP contribution is 2.37. The third-order valence-electron chi connectivity index (χ3n) is 4.14. The van der Waals surface area contributed by atoms with Crippen LogP contribution >= 0.6 is 22.9 Å². The monoisotopic (exact) mass is 335 g/mol. The van der Waals surface area contributed by atoms with Crippen LogP contribution in [-0.2, 0) is 21.5 Å². The smallest absolute Gasteiger partial charge is 0.231 e. The molecule has 2 aromatic rings. The Morgan fingerprint density at radius 3 is 2.59 bits per heavy atom. The van der Waals surface area contributed by atoms with E-state index in [1.165, 1.54) is 0 Å². The van der Waals surface area contributed by atoms with E-state index in [9.17, 15) is 4.79 Å². The van der Waals surface area contributed by atoms with Crippen LogP contribution in [0.4, 0.5) is 0 Å². The van der Waals surface area contributed by atoms with E-state index in [2.05, 4.69) is 11.4 Å². The summed E-state index contributed by atoms with van der Waals surface area (Å²) in [5, 5.41) is 5.82. The molecule has 0 spiro atoms. The van der Waals surface area contributed by atoms with Gasteiger partial charge in [-0.3, -0.25) is 4.79 Å². The lowest BCUT2D eigenvalue weighted by Crippen LogP contribution is -2.47. The summed E-state index contributed by atoms with van der Waals surface area (Å²) in [6, 6.07) is 11.6. The van der Waals surface area contributed by atoms with Crippen molar-refractivity contribution < 1.29 is 9.53 Å². The number of hydrogen-bond acceptors (Lipinski definition) is 3. The van der Waals surface area contributed by atoms with Crippen molar-refractivity contribution in [3.8, 4) is 0 Å². The first-order valence-corrected chi connectivity index (χ1v) is 8.61. The number of nitrogens with one attached hydrogen (secondary N) is 1. The molecule has 1 aromatic carbocycles. The number of halogens is 1. The molecule has 116 valence electrons. The molecular formula is C17H18ClNO2S. The van der Waals surface area contributed by atoms with Crippen molar-refractivity contribution in [3.05, 3.63) is 57.2 Å². The summed E-state index contributed by atoms with van der Waals surface area (Å²) in [5.41, 5.74) is 0.602. The van der Waals surface area contributed by atoms with Gasteiger partial charge in [-0.25, -0.2) is 0 Å². The molecule has 0 atom stereocenters. The molecule has 1 aliphatic heterocycles. The first-order valence-electron chi connectivity index (χ1n) is 7.35. The fourth-order valence-electron chi connectivity index (χ4n) is 2.81. The zero-order valence-corrected chi connectivity index (χ0v) is 13.8. The fourth-order valence-corrected chi connectivity index (χ4v) is 3.92. The maximum absolute atomic E-state index is 12.9. The van der Waals surface area contributed by atoms with Crippen molar-refractivity contribution in [2.75, 3.05) is 13.2 Å². The van der Waals surface area contributed by atoms with Crippen molar-refractivity contribution in [3.63, 3.8) is 0 Å². The zero-order valence-electron chi connectivity index (χ0n) is 12.2. The Kier molecular flexibility index (Phi) is 4.81. The molecule has 1 fully saturated rings. The van der Waals surface area contributed by atoms with Crippen LogP contribution in [0.3, 0.4) is 0 Å². The second-order valence-electron chi connectivity index (χ2n) is 5.48. The average molecular weight is 336 g/mol. The molecule has 22 heavy (non-hydrogen) atoms. The molecule has 0 aliphatic carbocycles. The molecule has 1 N–H and O–H groups in total. The molecule has 0 unspecified atom stereocenters. The Morgan fingerprint density at radius 2 is 1.95 bits per heavy atom. The van der Waals surface area contributed by atoms with Gasteiger partial charge >= 0.3 is 0 Å². The first kappa shape index (κ1) is 15.5. The van der Waals surface area contributed by atoms with E-state index in [0.29, 0.717) is 24.8 Å². The van der Waals surface area contributed by atoms with Crippen LogP contribution in [0.25, 0.3) is 0 Å². The lowest BCUT2D eigenvalue weighted by atomic mass is 9.78. The molecule has 2 heterocycles. The van der Waals surface area contributed by atoms with Crippen LogP contribution in [0.15, 0.2) is 41.8 Å². The van der Waals surface area contributed by atoms with Crippen LogP contribution in [-0.4, -0.2) is 19.1 Å². The van der Waals surface area contributed by atoms with Gasteiger partial charge in [-0.05, 0) is 42.0 Å². The Balaban J connectivity index is 1.74. The largest absolute Gasteiger partial charge is 0.381 e. The molecule has 3 nitrogen and oxygen atoms in total. The molecule has 1 aliphatic rings. The van der Waals surface area contributed by atoms with Gasteiger partial charge < -0.3 is 10.1 Å². The minimum absolute atomic E-state index is 0.0909. The number of ether oxygens (including phenoxy) is 1. The predicted molar refractivity (Wildman–Crippen MR) is 89.3 cm³/mol. The van der Waals surface area contributed by atoms with Crippen LogP contribution in [0, 0.1) is 0 Å². The summed E-state index contributed by atoms with van der Waals surface area (Å²) in [6.07, 6.45) is 1.47. The van der Waals surface area contributed by atoms with Crippen LogP contribution in [0.2, 0.25) is 5.02 Å².